The van der Waals surface area contributed by atoms with E-state index in [0.29, 0.717) is 11.1 Å². The second-order valence-corrected chi connectivity index (χ2v) is 6.51. The van der Waals surface area contributed by atoms with Crippen molar-refractivity contribution in [2.75, 3.05) is 11.5 Å². The summed E-state index contributed by atoms with van der Waals surface area (Å²) in [6.45, 7) is 2.01. The van der Waals surface area contributed by atoms with Gasteiger partial charge in [0, 0.05) is 0 Å². The maximum atomic E-state index is 5.77. The van der Waals surface area contributed by atoms with Gasteiger partial charge in [-0.2, -0.15) is 16.7 Å². The molecule has 2 aromatic rings. The first-order chi connectivity index (χ1) is 8.24. The summed E-state index contributed by atoms with van der Waals surface area (Å²) < 4.78 is 5.34. The Balaban J connectivity index is 1.91. The maximum Gasteiger partial charge on any atom is 0.268 e. The number of rotatable bonds is 2. The highest BCUT2D eigenvalue weighted by molar-refractivity contribution is 7.99. The lowest BCUT2D eigenvalue weighted by molar-refractivity contribution is 0.422. The molecule has 2 aromatic heterocycles. The summed E-state index contributed by atoms with van der Waals surface area (Å²) in [6.07, 6.45) is 2.39. The van der Waals surface area contributed by atoms with Crippen molar-refractivity contribution in [3.8, 4) is 10.8 Å². The van der Waals surface area contributed by atoms with Crippen molar-refractivity contribution in [2.45, 2.75) is 25.0 Å². The van der Waals surface area contributed by atoms with Gasteiger partial charge in [0.25, 0.3) is 5.89 Å². The molecule has 90 valence electrons. The second kappa shape index (κ2) is 4.34. The molecule has 1 aliphatic rings. The van der Waals surface area contributed by atoms with Gasteiger partial charge in [-0.3, -0.25) is 0 Å². The number of anilines is 1. The van der Waals surface area contributed by atoms with Crippen LogP contribution in [0.2, 0.25) is 0 Å². The SMILES string of the molecule is Cc1cc(N)sc1-c1nc(C2CCCS2)no1. The van der Waals surface area contributed by atoms with Crippen LogP contribution in [0.3, 0.4) is 0 Å². The third-order valence-corrected chi connectivity index (χ3v) is 5.22. The van der Waals surface area contributed by atoms with E-state index < -0.39 is 0 Å². The Morgan fingerprint density at radius 3 is 3.06 bits per heavy atom. The van der Waals surface area contributed by atoms with Gasteiger partial charge < -0.3 is 10.3 Å². The Kier molecular flexibility index (Phi) is 2.84. The first-order valence-electron chi connectivity index (χ1n) is 5.55. The minimum atomic E-state index is 0.408. The van der Waals surface area contributed by atoms with Crippen molar-refractivity contribution < 1.29 is 4.52 Å². The number of aromatic nitrogens is 2. The number of nitrogens with two attached hydrogens (primary N) is 1. The van der Waals surface area contributed by atoms with Crippen LogP contribution in [0.15, 0.2) is 10.6 Å². The van der Waals surface area contributed by atoms with Crippen molar-refractivity contribution in [2.24, 2.45) is 0 Å². The minimum Gasteiger partial charge on any atom is -0.391 e. The zero-order chi connectivity index (χ0) is 11.8. The first kappa shape index (κ1) is 11.1. The monoisotopic (exact) mass is 267 g/mol. The molecule has 3 rings (SSSR count). The molecule has 1 atom stereocenters. The Hall–Kier alpha value is -1.01. The summed E-state index contributed by atoms with van der Waals surface area (Å²) in [7, 11) is 0. The van der Waals surface area contributed by atoms with Gasteiger partial charge in [-0.1, -0.05) is 5.16 Å². The van der Waals surface area contributed by atoms with Crippen LogP contribution in [0.4, 0.5) is 5.00 Å². The number of aryl methyl sites for hydroxylation is 1. The largest absolute Gasteiger partial charge is 0.391 e. The van der Waals surface area contributed by atoms with E-state index in [4.69, 9.17) is 10.3 Å². The quantitative estimate of drug-likeness (QED) is 0.904. The predicted molar refractivity (Wildman–Crippen MR) is 71.2 cm³/mol. The molecule has 6 heteroatoms. The number of hydrogen-bond donors (Lipinski definition) is 1. The minimum absolute atomic E-state index is 0.408. The van der Waals surface area contributed by atoms with Crippen molar-refractivity contribution in [1.82, 2.24) is 10.1 Å². The van der Waals surface area contributed by atoms with Crippen LogP contribution in [0.25, 0.3) is 10.8 Å². The van der Waals surface area contributed by atoms with Crippen molar-refractivity contribution in [3.05, 3.63) is 17.5 Å². The van der Waals surface area contributed by atoms with Gasteiger partial charge >= 0.3 is 0 Å². The molecule has 1 fully saturated rings. The normalized spacial score (nSPS) is 19.9. The molecule has 0 radical (unpaired) electrons. The van der Waals surface area contributed by atoms with E-state index in [-0.39, 0.29) is 0 Å². The van der Waals surface area contributed by atoms with Crippen LogP contribution in [-0.4, -0.2) is 15.9 Å². The van der Waals surface area contributed by atoms with Crippen molar-refractivity contribution in [3.63, 3.8) is 0 Å². The summed E-state index contributed by atoms with van der Waals surface area (Å²) in [4.78, 5) is 5.48. The number of thioether (sulfide) groups is 1. The third-order valence-electron chi connectivity index (χ3n) is 2.79. The van der Waals surface area contributed by atoms with E-state index in [2.05, 4.69) is 10.1 Å². The standard InChI is InChI=1S/C11H13N3OS2/c1-6-5-8(12)17-9(6)11-13-10(14-15-11)7-3-2-4-16-7/h5,7H,2-4,12H2,1H3. The van der Waals surface area contributed by atoms with Gasteiger partial charge in [0.05, 0.1) is 15.1 Å². The van der Waals surface area contributed by atoms with E-state index >= 15 is 0 Å². The molecule has 0 saturated carbocycles. The van der Waals surface area contributed by atoms with Crippen LogP contribution in [0.5, 0.6) is 0 Å². The average molecular weight is 267 g/mol. The van der Waals surface area contributed by atoms with E-state index in [0.717, 1.165) is 27.7 Å². The summed E-state index contributed by atoms with van der Waals surface area (Å²) in [5, 5.41) is 5.28. The van der Waals surface area contributed by atoms with E-state index in [9.17, 15) is 0 Å². The fourth-order valence-corrected chi connectivity index (χ4v) is 4.02. The molecule has 0 aromatic carbocycles. The smallest absolute Gasteiger partial charge is 0.268 e. The van der Waals surface area contributed by atoms with Gasteiger partial charge in [0.2, 0.25) is 0 Å². The van der Waals surface area contributed by atoms with Gasteiger partial charge in [-0.25, -0.2) is 0 Å². The van der Waals surface area contributed by atoms with Gasteiger partial charge in [-0.15, -0.1) is 11.3 Å². The molecule has 3 heterocycles. The molecule has 1 saturated heterocycles. The predicted octanol–water partition coefficient (Wildman–Crippen LogP) is 3.26. The zero-order valence-electron chi connectivity index (χ0n) is 9.47. The van der Waals surface area contributed by atoms with E-state index in [1.807, 2.05) is 24.8 Å². The lowest BCUT2D eigenvalue weighted by atomic mass is 10.2. The Labute approximate surface area is 108 Å². The molecular formula is C11H13N3OS2. The number of hydrogen-bond acceptors (Lipinski definition) is 6. The average Bonchev–Trinajstić information content (AvgIpc) is 2.97. The van der Waals surface area contributed by atoms with Crippen LogP contribution >= 0.6 is 23.1 Å². The topological polar surface area (TPSA) is 64.9 Å². The molecule has 1 unspecified atom stereocenters. The molecule has 4 nitrogen and oxygen atoms in total. The maximum absolute atomic E-state index is 5.77. The van der Waals surface area contributed by atoms with E-state index in [1.54, 1.807) is 0 Å². The highest BCUT2D eigenvalue weighted by Crippen LogP contribution is 2.40. The van der Waals surface area contributed by atoms with Crippen LogP contribution in [-0.2, 0) is 0 Å². The molecule has 1 aliphatic heterocycles. The molecule has 0 amide bonds. The lowest BCUT2D eigenvalue weighted by Crippen LogP contribution is -1.90. The fourth-order valence-electron chi connectivity index (χ4n) is 1.96. The summed E-state index contributed by atoms with van der Waals surface area (Å²) in [5.41, 5.74) is 6.87. The molecule has 0 bridgehead atoms. The fraction of sp³-hybridized carbons (Fsp3) is 0.455. The molecule has 17 heavy (non-hydrogen) atoms. The highest BCUT2D eigenvalue weighted by atomic mass is 32.2. The summed E-state index contributed by atoms with van der Waals surface area (Å²) >= 11 is 3.41. The summed E-state index contributed by atoms with van der Waals surface area (Å²) in [5.74, 6) is 2.63. The number of thiophene rings is 1. The van der Waals surface area contributed by atoms with Crippen molar-refractivity contribution in [1.29, 1.82) is 0 Å². The molecule has 0 spiro atoms. The van der Waals surface area contributed by atoms with Gasteiger partial charge in [0.15, 0.2) is 5.82 Å². The van der Waals surface area contributed by atoms with Crippen LogP contribution < -0.4 is 5.73 Å². The Morgan fingerprint density at radius 1 is 1.53 bits per heavy atom. The molecular weight excluding hydrogens is 254 g/mol. The van der Waals surface area contributed by atoms with E-state index in [1.165, 1.54) is 23.5 Å². The summed E-state index contributed by atoms with van der Waals surface area (Å²) in [6, 6.07) is 1.94. The van der Waals surface area contributed by atoms with Crippen LogP contribution in [0.1, 0.15) is 29.5 Å². The van der Waals surface area contributed by atoms with Crippen molar-refractivity contribution >= 4 is 28.1 Å². The zero-order valence-corrected chi connectivity index (χ0v) is 11.1. The third kappa shape index (κ3) is 2.07. The molecule has 0 aliphatic carbocycles. The number of nitrogen functional groups attached to an aromatic ring is 1. The first-order valence-corrected chi connectivity index (χ1v) is 7.42. The van der Waals surface area contributed by atoms with Crippen LogP contribution in [0, 0.1) is 6.92 Å². The van der Waals surface area contributed by atoms with Gasteiger partial charge in [-0.05, 0) is 37.1 Å². The highest BCUT2D eigenvalue weighted by Gasteiger charge is 2.24. The Morgan fingerprint density at radius 2 is 2.41 bits per heavy atom. The second-order valence-electron chi connectivity index (χ2n) is 4.12. The Bertz CT molecular complexity index is 529. The molecule has 2 N–H and O–H groups in total. The lowest BCUT2D eigenvalue weighted by Gasteiger charge is -1.98. The van der Waals surface area contributed by atoms with Gasteiger partial charge in [0.1, 0.15) is 0 Å². The number of nitrogens with zero attached hydrogens (tertiary/aromatic N) is 2.